The van der Waals surface area contributed by atoms with Crippen molar-refractivity contribution in [3.63, 3.8) is 0 Å². The lowest BCUT2D eigenvalue weighted by atomic mass is 10.1. The number of nitrogens with zero attached hydrogens (tertiary/aromatic N) is 2. The predicted octanol–water partition coefficient (Wildman–Crippen LogP) is 7.02. The summed E-state index contributed by atoms with van der Waals surface area (Å²) in [6.07, 6.45) is 2.96. The Hall–Kier alpha value is -4.33. The van der Waals surface area contributed by atoms with Gasteiger partial charge in [-0.15, -0.1) is 0 Å². The molecule has 0 aliphatic heterocycles. The van der Waals surface area contributed by atoms with E-state index in [1.807, 2.05) is 30.3 Å². The summed E-state index contributed by atoms with van der Waals surface area (Å²) in [4.78, 5) is 28.2. The lowest BCUT2D eigenvalue weighted by molar-refractivity contribution is -0.117. The molecule has 0 fully saturated rings. The molecule has 7 nitrogen and oxygen atoms in total. The molecular formula is C31H28Cl2N4O3. The zero-order chi connectivity index (χ0) is 28.5. The molecule has 40 heavy (non-hydrogen) atoms. The second-order valence-electron chi connectivity index (χ2n) is 8.67. The highest BCUT2D eigenvalue weighted by molar-refractivity contribution is 6.35. The Labute approximate surface area is 243 Å². The molecule has 0 saturated heterocycles. The third-order valence-corrected chi connectivity index (χ3v) is 6.60. The Bertz CT molecular complexity index is 1530. The number of rotatable bonds is 10. The summed E-state index contributed by atoms with van der Waals surface area (Å²) < 4.78 is 5.78. The number of halogens is 2. The third kappa shape index (κ3) is 7.40. The molecular weight excluding hydrogens is 547 g/mol. The normalized spacial score (nSPS) is 11.4. The van der Waals surface area contributed by atoms with Gasteiger partial charge in [0, 0.05) is 34.9 Å². The fraction of sp³-hybridized carbons (Fsp3) is 0.129. The number of hydrogen-bond donors (Lipinski definition) is 2. The molecule has 0 atom stereocenters. The van der Waals surface area contributed by atoms with Gasteiger partial charge in [0.05, 0.1) is 11.2 Å². The van der Waals surface area contributed by atoms with Crippen LogP contribution in [0.25, 0.3) is 17.4 Å². The minimum atomic E-state index is -0.599. The molecule has 4 rings (SSSR count). The average Bonchev–Trinajstić information content (AvgIpc) is 3.44. The van der Waals surface area contributed by atoms with Gasteiger partial charge in [0.2, 0.25) is 0 Å². The van der Waals surface area contributed by atoms with Crippen LogP contribution in [-0.2, 0) is 4.79 Å². The molecule has 0 bridgehead atoms. The van der Waals surface area contributed by atoms with E-state index in [1.165, 1.54) is 6.21 Å². The van der Waals surface area contributed by atoms with E-state index in [4.69, 9.17) is 27.6 Å². The summed E-state index contributed by atoms with van der Waals surface area (Å²) in [5.74, 6) is -0.126. The van der Waals surface area contributed by atoms with Gasteiger partial charge in [-0.1, -0.05) is 53.5 Å². The predicted molar refractivity (Wildman–Crippen MR) is 162 cm³/mol. The fourth-order valence-electron chi connectivity index (χ4n) is 3.95. The van der Waals surface area contributed by atoms with Crippen LogP contribution in [0.5, 0.6) is 0 Å². The quantitative estimate of drug-likeness (QED) is 0.121. The van der Waals surface area contributed by atoms with Gasteiger partial charge in [0.15, 0.2) is 0 Å². The summed E-state index contributed by atoms with van der Waals surface area (Å²) in [5, 5.41) is 7.73. The lowest BCUT2D eigenvalue weighted by Crippen LogP contribution is -2.32. The van der Waals surface area contributed by atoms with E-state index in [0.717, 1.165) is 24.3 Å². The number of carbonyl (C=O) groups excluding carboxylic acids is 2. The van der Waals surface area contributed by atoms with Crippen molar-refractivity contribution in [2.45, 2.75) is 13.8 Å². The van der Waals surface area contributed by atoms with E-state index >= 15 is 0 Å². The van der Waals surface area contributed by atoms with Crippen LogP contribution >= 0.6 is 23.2 Å². The molecule has 1 aromatic heterocycles. The van der Waals surface area contributed by atoms with Crippen molar-refractivity contribution in [2.24, 2.45) is 5.10 Å². The van der Waals surface area contributed by atoms with E-state index in [-0.39, 0.29) is 5.70 Å². The number of carbonyl (C=O) groups is 2. The van der Waals surface area contributed by atoms with Crippen LogP contribution in [0.2, 0.25) is 10.0 Å². The number of furan rings is 1. The van der Waals surface area contributed by atoms with Crippen LogP contribution in [0, 0.1) is 0 Å². The molecule has 0 aliphatic rings. The number of nitrogens with one attached hydrogen (secondary N) is 2. The smallest absolute Gasteiger partial charge is 0.287 e. The average molecular weight is 575 g/mol. The molecule has 0 saturated carbocycles. The molecule has 0 spiro atoms. The zero-order valence-corrected chi connectivity index (χ0v) is 23.5. The summed E-state index contributed by atoms with van der Waals surface area (Å²) in [7, 11) is 0. The molecule has 9 heteroatoms. The maximum Gasteiger partial charge on any atom is 0.287 e. The fourth-order valence-corrected chi connectivity index (χ4v) is 4.33. The first kappa shape index (κ1) is 28.7. The minimum Gasteiger partial charge on any atom is -0.455 e. The highest BCUT2D eigenvalue weighted by atomic mass is 35.5. The number of benzene rings is 3. The largest absolute Gasteiger partial charge is 0.455 e. The van der Waals surface area contributed by atoms with Crippen molar-refractivity contribution < 1.29 is 14.0 Å². The number of hydrazone groups is 1. The second kappa shape index (κ2) is 13.6. The topological polar surface area (TPSA) is 86.9 Å². The molecule has 2 amide bonds. The van der Waals surface area contributed by atoms with Crippen molar-refractivity contribution in [1.82, 2.24) is 10.7 Å². The maximum atomic E-state index is 13.1. The highest BCUT2D eigenvalue weighted by Gasteiger charge is 2.15. The van der Waals surface area contributed by atoms with Gasteiger partial charge in [0.1, 0.15) is 17.2 Å². The van der Waals surface area contributed by atoms with Crippen molar-refractivity contribution in [3.8, 4) is 11.3 Å². The maximum absolute atomic E-state index is 13.1. The van der Waals surface area contributed by atoms with Gasteiger partial charge in [-0.3, -0.25) is 9.59 Å². The van der Waals surface area contributed by atoms with Crippen molar-refractivity contribution in [2.75, 3.05) is 18.0 Å². The van der Waals surface area contributed by atoms with Crippen LogP contribution in [0.1, 0.15) is 35.5 Å². The number of hydrogen-bond acceptors (Lipinski definition) is 5. The molecule has 0 aliphatic carbocycles. The summed E-state index contributed by atoms with van der Waals surface area (Å²) >= 11 is 12.3. The molecule has 3 aromatic carbocycles. The SMILES string of the molecule is CCN(CC)c1ccc(C=C(NC(=O)c2ccccc2)C(=O)NN=Cc2ccc(-c3cc(Cl)ccc3Cl)o2)cc1. The van der Waals surface area contributed by atoms with Gasteiger partial charge in [-0.2, -0.15) is 5.10 Å². The van der Waals surface area contributed by atoms with Crippen LogP contribution in [0.15, 0.2) is 100 Å². The Kier molecular flexibility index (Phi) is 9.78. The summed E-state index contributed by atoms with van der Waals surface area (Å²) in [5.41, 5.74) is 5.37. The summed E-state index contributed by atoms with van der Waals surface area (Å²) in [6, 6.07) is 24.9. The monoisotopic (exact) mass is 574 g/mol. The Morgan fingerprint density at radius 1 is 0.925 bits per heavy atom. The molecule has 1 heterocycles. The van der Waals surface area contributed by atoms with Gasteiger partial charge >= 0.3 is 0 Å². The Morgan fingerprint density at radius 2 is 1.65 bits per heavy atom. The summed E-state index contributed by atoms with van der Waals surface area (Å²) in [6.45, 7) is 5.95. The van der Waals surface area contributed by atoms with Crippen LogP contribution in [0.3, 0.4) is 0 Å². The number of amides is 2. The molecule has 0 radical (unpaired) electrons. The van der Waals surface area contributed by atoms with Gasteiger partial charge < -0.3 is 14.6 Å². The van der Waals surface area contributed by atoms with Crippen LogP contribution in [0.4, 0.5) is 5.69 Å². The first-order chi connectivity index (χ1) is 19.4. The van der Waals surface area contributed by atoms with Gasteiger partial charge in [-0.05, 0) is 80.1 Å². The third-order valence-electron chi connectivity index (χ3n) is 6.04. The first-order valence-corrected chi connectivity index (χ1v) is 13.4. The first-order valence-electron chi connectivity index (χ1n) is 12.7. The van der Waals surface area contributed by atoms with E-state index in [2.05, 4.69) is 34.6 Å². The lowest BCUT2D eigenvalue weighted by Gasteiger charge is -2.20. The van der Waals surface area contributed by atoms with Crippen molar-refractivity contribution >= 4 is 53.0 Å². The minimum absolute atomic E-state index is 0.0347. The molecule has 0 unspecified atom stereocenters. The van der Waals surface area contributed by atoms with E-state index in [0.29, 0.717) is 32.7 Å². The molecule has 204 valence electrons. The van der Waals surface area contributed by atoms with Gasteiger partial charge in [-0.25, -0.2) is 5.43 Å². The van der Waals surface area contributed by atoms with E-state index < -0.39 is 11.8 Å². The molecule has 2 N–H and O–H groups in total. The van der Waals surface area contributed by atoms with Crippen LogP contribution < -0.4 is 15.6 Å². The zero-order valence-electron chi connectivity index (χ0n) is 22.0. The van der Waals surface area contributed by atoms with Crippen molar-refractivity contribution in [3.05, 3.63) is 118 Å². The Balaban J connectivity index is 1.52. The second-order valence-corrected chi connectivity index (χ2v) is 9.51. The standard InChI is InChI=1S/C31H28Cl2N4O3/c1-3-37(4-2)24-13-10-21(11-14-24)18-28(35-30(38)22-8-6-5-7-9-22)31(39)36-34-20-25-15-17-29(40-25)26-19-23(32)12-16-27(26)33/h5-20H,3-4H2,1-2H3,(H,35,38)(H,36,39). The number of anilines is 1. The van der Waals surface area contributed by atoms with E-state index in [9.17, 15) is 9.59 Å². The Morgan fingerprint density at radius 3 is 2.35 bits per heavy atom. The molecule has 4 aromatic rings. The van der Waals surface area contributed by atoms with E-state index in [1.54, 1.807) is 60.7 Å². The van der Waals surface area contributed by atoms with Gasteiger partial charge in [0.25, 0.3) is 11.8 Å². The highest BCUT2D eigenvalue weighted by Crippen LogP contribution is 2.31. The van der Waals surface area contributed by atoms with Crippen LogP contribution in [-0.4, -0.2) is 31.1 Å². The van der Waals surface area contributed by atoms with Crippen molar-refractivity contribution in [1.29, 1.82) is 0 Å².